The molecule has 0 N–H and O–H groups in total. The topological polar surface area (TPSA) is 51.6 Å². The number of nitrogens with zero attached hydrogens (tertiary/aromatic N) is 4. The summed E-state index contributed by atoms with van der Waals surface area (Å²) < 4.78 is 0. The summed E-state index contributed by atoms with van der Waals surface area (Å²) in [5.74, 6) is 0.674. The van der Waals surface area contributed by atoms with Crippen LogP contribution >= 0.6 is 0 Å². The molecule has 212 valence electrons. The Balaban J connectivity index is 1.26. The fraction of sp³-hybridized carbons (Fsp3) is 0.0244. The van der Waals surface area contributed by atoms with Crippen molar-refractivity contribution in [1.29, 1.82) is 0 Å². The van der Waals surface area contributed by atoms with Crippen LogP contribution in [0.4, 0.5) is 0 Å². The normalized spacial score (nSPS) is 11.2. The molecular weight excluding hydrogens is 548 g/mol. The number of hydrogen-bond acceptors (Lipinski definition) is 4. The van der Waals surface area contributed by atoms with E-state index in [0.29, 0.717) is 5.82 Å². The van der Waals surface area contributed by atoms with Gasteiger partial charge in [0.15, 0.2) is 5.82 Å². The summed E-state index contributed by atoms with van der Waals surface area (Å²) in [6.07, 6.45) is 0. The molecule has 4 nitrogen and oxygen atoms in total. The molecule has 0 bridgehead atoms. The van der Waals surface area contributed by atoms with Crippen molar-refractivity contribution in [2.45, 2.75) is 6.92 Å². The molecule has 0 saturated carbocycles. The largest absolute Gasteiger partial charge is 0.245 e. The van der Waals surface area contributed by atoms with Crippen molar-refractivity contribution in [3.63, 3.8) is 0 Å². The Morgan fingerprint density at radius 2 is 0.867 bits per heavy atom. The number of fused-ring (bicyclic) bond motifs is 3. The average molecular weight is 577 g/mol. The molecule has 0 atom stereocenters. The highest BCUT2D eigenvalue weighted by Crippen LogP contribution is 2.33. The predicted octanol–water partition coefficient (Wildman–Crippen LogP) is 10.2. The summed E-state index contributed by atoms with van der Waals surface area (Å²) in [6.45, 7) is 2.14. The van der Waals surface area contributed by atoms with Gasteiger partial charge in [0.1, 0.15) is 0 Å². The summed E-state index contributed by atoms with van der Waals surface area (Å²) >= 11 is 0. The number of aryl methyl sites for hydroxylation is 1. The van der Waals surface area contributed by atoms with Gasteiger partial charge in [0.2, 0.25) is 0 Å². The smallest absolute Gasteiger partial charge is 0.160 e. The van der Waals surface area contributed by atoms with Gasteiger partial charge >= 0.3 is 0 Å². The average Bonchev–Trinajstić information content (AvgIpc) is 3.12. The number of aromatic nitrogens is 4. The van der Waals surface area contributed by atoms with E-state index in [9.17, 15) is 0 Å². The van der Waals surface area contributed by atoms with Crippen LogP contribution in [-0.4, -0.2) is 19.9 Å². The van der Waals surface area contributed by atoms with E-state index in [1.54, 1.807) is 0 Å². The standard InChI is InChI=1S/C41H28N4/c1-27-24-36(28-12-5-2-6-13-28)43-40-34(27)22-20-31-21-23-35(42-39(31)40)32-18-11-19-33(25-32)41-44-37(29-14-7-3-8-15-29)26-38(45-41)30-16-9-4-10-17-30/h2-26H,1H3. The first-order valence-electron chi connectivity index (χ1n) is 15.1. The van der Waals surface area contributed by atoms with Crippen LogP contribution in [0.5, 0.6) is 0 Å². The monoisotopic (exact) mass is 576 g/mol. The van der Waals surface area contributed by atoms with Crippen LogP contribution in [0.15, 0.2) is 152 Å². The van der Waals surface area contributed by atoms with E-state index in [1.807, 2.05) is 54.6 Å². The van der Waals surface area contributed by atoms with E-state index in [1.165, 1.54) is 5.56 Å². The van der Waals surface area contributed by atoms with Crippen molar-refractivity contribution < 1.29 is 0 Å². The molecule has 3 heterocycles. The van der Waals surface area contributed by atoms with Gasteiger partial charge in [-0.3, -0.25) is 0 Å². The molecule has 0 unspecified atom stereocenters. The highest BCUT2D eigenvalue weighted by Gasteiger charge is 2.14. The minimum atomic E-state index is 0.674. The highest BCUT2D eigenvalue weighted by atomic mass is 14.9. The third kappa shape index (κ3) is 5.13. The van der Waals surface area contributed by atoms with Gasteiger partial charge in [0, 0.05) is 38.6 Å². The second-order valence-corrected chi connectivity index (χ2v) is 11.2. The lowest BCUT2D eigenvalue weighted by molar-refractivity contribution is 1.18. The number of benzene rings is 5. The van der Waals surface area contributed by atoms with Gasteiger partial charge in [-0.15, -0.1) is 0 Å². The van der Waals surface area contributed by atoms with E-state index < -0.39 is 0 Å². The van der Waals surface area contributed by atoms with Gasteiger partial charge in [-0.05, 0) is 36.8 Å². The lowest BCUT2D eigenvalue weighted by Crippen LogP contribution is -1.96. The molecule has 0 fully saturated rings. The molecule has 8 rings (SSSR count). The fourth-order valence-corrected chi connectivity index (χ4v) is 5.87. The van der Waals surface area contributed by atoms with Gasteiger partial charge in [0.05, 0.1) is 33.8 Å². The van der Waals surface area contributed by atoms with Gasteiger partial charge < -0.3 is 0 Å². The predicted molar refractivity (Wildman–Crippen MR) is 185 cm³/mol. The first kappa shape index (κ1) is 26.6. The SMILES string of the molecule is Cc1cc(-c2ccccc2)nc2c1ccc1ccc(-c3cccc(-c4nc(-c5ccccc5)cc(-c5ccccc5)n4)c3)nc12. The molecule has 8 aromatic rings. The zero-order chi connectivity index (χ0) is 30.2. The Hall–Kier alpha value is -6.00. The molecule has 0 aliphatic carbocycles. The van der Waals surface area contributed by atoms with Gasteiger partial charge in [-0.25, -0.2) is 19.9 Å². The molecule has 0 aliphatic rings. The molecule has 0 spiro atoms. The third-order valence-electron chi connectivity index (χ3n) is 8.20. The van der Waals surface area contributed by atoms with Crippen LogP contribution in [0.3, 0.4) is 0 Å². The summed E-state index contributed by atoms with van der Waals surface area (Å²) in [4.78, 5) is 20.4. The van der Waals surface area contributed by atoms with Crippen LogP contribution in [-0.2, 0) is 0 Å². The summed E-state index contributed by atoms with van der Waals surface area (Å²) in [7, 11) is 0. The maximum atomic E-state index is 5.21. The van der Waals surface area contributed by atoms with E-state index >= 15 is 0 Å². The van der Waals surface area contributed by atoms with Crippen LogP contribution in [0.25, 0.3) is 78.2 Å². The molecule has 0 radical (unpaired) electrons. The number of hydrogen-bond donors (Lipinski definition) is 0. The van der Waals surface area contributed by atoms with Gasteiger partial charge in [0.25, 0.3) is 0 Å². The van der Waals surface area contributed by atoms with Crippen molar-refractivity contribution in [3.05, 3.63) is 157 Å². The summed E-state index contributed by atoms with van der Waals surface area (Å²) in [5.41, 5.74) is 11.7. The molecule has 0 saturated heterocycles. The van der Waals surface area contributed by atoms with Crippen LogP contribution in [0.1, 0.15) is 5.56 Å². The van der Waals surface area contributed by atoms with E-state index in [2.05, 4.69) is 104 Å². The first-order valence-corrected chi connectivity index (χ1v) is 15.1. The molecule has 5 aromatic carbocycles. The van der Waals surface area contributed by atoms with Crippen molar-refractivity contribution in [3.8, 4) is 56.4 Å². The van der Waals surface area contributed by atoms with Gasteiger partial charge in [-0.2, -0.15) is 0 Å². The summed E-state index contributed by atoms with van der Waals surface area (Å²) in [5, 5.41) is 2.17. The lowest BCUT2D eigenvalue weighted by Gasteiger charge is -2.12. The quantitative estimate of drug-likeness (QED) is 0.191. The molecule has 45 heavy (non-hydrogen) atoms. The van der Waals surface area contributed by atoms with E-state index in [4.69, 9.17) is 19.9 Å². The minimum absolute atomic E-state index is 0.674. The van der Waals surface area contributed by atoms with Gasteiger partial charge in [-0.1, -0.05) is 127 Å². The maximum Gasteiger partial charge on any atom is 0.160 e. The Labute approximate surface area is 261 Å². The lowest BCUT2D eigenvalue weighted by atomic mass is 10.0. The van der Waals surface area contributed by atoms with Crippen molar-refractivity contribution in [1.82, 2.24) is 19.9 Å². The Kier molecular flexibility index (Phi) is 6.65. The summed E-state index contributed by atoms with van der Waals surface area (Å²) in [6, 6.07) is 51.9. The number of rotatable bonds is 5. The second kappa shape index (κ2) is 11.3. The van der Waals surface area contributed by atoms with E-state index in [0.717, 1.165) is 72.4 Å². The Bertz CT molecular complexity index is 2260. The molecule has 3 aromatic heterocycles. The Morgan fingerprint density at radius 1 is 0.356 bits per heavy atom. The van der Waals surface area contributed by atoms with E-state index in [-0.39, 0.29) is 0 Å². The van der Waals surface area contributed by atoms with Crippen molar-refractivity contribution in [2.75, 3.05) is 0 Å². The first-order chi connectivity index (χ1) is 22.2. The van der Waals surface area contributed by atoms with Crippen LogP contribution in [0, 0.1) is 6.92 Å². The second-order valence-electron chi connectivity index (χ2n) is 11.2. The minimum Gasteiger partial charge on any atom is -0.245 e. The zero-order valence-electron chi connectivity index (χ0n) is 24.7. The third-order valence-corrected chi connectivity index (χ3v) is 8.20. The molecule has 4 heteroatoms. The highest BCUT2D eigenvalue weighted by molar-refractivity contribution is 6.05. The van der Waals surface area contributed by atoms with Crippen molar-refractivity contribution in [2.24, 2.45) is 0 Å². The number of pyridine rings is 2. The molecule has 0 aliphatic heterocycles. The molecular formula is C41H28N4. The Morgan fingerprint density at radius 3 is 1.49 bits per heavy atom. The van der Waals surface area contributed by atoms with Crippen LogP contribution in [0.2, 0.25) is 0 Å². The zero-order valence-corrected chi connectivity index (χ0v) is 24.7. The maximum absolute atomic E-state index is 5.21. The van der Waals surface area contributed by atoms with Crippen molar-refractivity contribution >= 4 is 21.8 Å². The van der Waals surface area contributed by atoms with Crippen LogP contribution < -0.4 is 0 Å². The molecule has 0 amide bonds. The fourth-order valence-electron chi connectivity index (χ4n) is 5.87.